The summed E-state index contributed by atoms with van der Waals surface area (Å²) in [4.78, 5) is 0. The summed E-state index contributed by atoms with van der Waals surface area (Å²) in [7, 11) is 0. The summed E-state index contributed by atoms with van der Waals surface area (Å²) >= 11 is 0. The maximum Gasteiger partial charge on any atom is 0.573 e. The number of rotatable bonds is 2. The molecule has 1 unspecified atom stereocenters. The minimum absolute atomic E-state index is 0.0736. The highest BCUT2D eigenvalue weighted by Crippen LogP contribution is 2.27. The minimum atomic E-state index is -4.66. The van der Waals surface area contributed by atoms with Crippen molar-refractivity contribution in [2.75, 3.05) is 13.2 Å². The first-order valence-corrected chi connectivity index (χ1v) is 5.97. The third-order valence-corrected chi connectivity index (χ3v) is 2.90. The van der Waals surface area contributed by atoms with Crippen molar-refractivity contribution < 1.29 is 22.6 Å². The third kappa shape index (κ3) is 4.11. The highest BCUT2D eigenvalue weighted by atomic mass is 19.4. The van der Waals surface area contributed by atoms with Crippen LogP contribution in [0.15, 0.2) is 24.3 Å². The molecule has 6 heteroatoms. The molecule has 0 radical (unpaired) electrons. The van der Waals surface area contributed by atoms with Gasteiger partial charge in [0.2, 0.25) is 0 Å². The highest BCUT2D eigenvalue weighted by molar-refractivity contribution is 5.29. The van der Waals surface area contributed by atoms with Crippen LogP contribution in [0.5, 0.6) is 5.75 Å². The zero-order valence-electron chi connectivity index (χ0n) is 10.8. The lowest BCUT2D eigenvalue weighted by molar-refractivity contribution is -0.274. The Labute approximate surface area is 109 Å². The molecule has 0 saturated carbocycles. The Morgan fingerprint density at radius 2 is 1.89 bits per heavy atom. The number of ether oxygens (including phenoxy) is 2. The zero-order valence-corrected chi connectivity index (χ0v) is 10.8. The van der Waals surface area contributed by atoms with E-state index in [1.54, 1.807) is 12.1 Å². The Morgan fingerprint density at radius 3 is 2.37 bits per heavy atom. The van der Waals surface area contributed by atoms with Crippen molar-refractivity contribution in [1.29, 1.82) is 0 Å². The lowest BCUT2D eigenvalue weighted by Gasteiger charge is -2.36. The number of benzene rings is 1. The van der Waals surface area contributed by atoms with E-state index in [1.807, 2.05) is 13.8 Å². The summed E-state index contributed by atoms with van der Waals surface area (Å²) < 4.78 is 45.6. The van der Waals surface area contributed by atoms with Crippen LogP contribution in [-0.4, -0.2) is 25.1 Å². The molecule has 1 aliphatic rings. The van der Waals surface area contributed by atoms with Gasteiger partial charge in [-0.05, 0) is 31.5 Å². The van der Waals surface area contributed by atoms with Gasteiger partial charge in [0.05, 0.1) is 12.7 Å². The van der Waals surface area contributed by atoms with Crippen molar-refractivity contribution in [1.82, 2.24) is 5.32 Å². The third-order valence-electron chi connectivity index (χ3n) is 2.90. The van der Waals surface area contributed by atoms with E-state index in [-0.39, 0.29) is 17.4 Å². The molecule has 1 aromatic carbocycles. The van der Waals surface area contributed by atoms with Crippen molar-refractivity contribution in [3.05, 3.63) is 29.8 Å². The lowest BCUT2D eigenvalue weighted by Crippen LogP contribution is -2.50. The number of halogens is 3. The van der Waals surface area contributed by atoms with Gasteiger partial charge in [-0.2, -0.15) is 0 Å². The van der Waals surface area contributed by atoms with Crippen molar-refractivity contribution in [3.8, 4) is 5.75 Å². The van der Waals surface area contributed by atoms with E-state index < -0.39 is 6.36 Å². The number of hydrogen-bond donors (Lipinski definition) is 1. The highest BCUT2D eigenvalue weighted by Gasteiger charge is 2.31. The predicted molar refractivity (Wildman–Crippen MR) is 63.9 cm³/mol. The Bertz CT molecular complexity index is 419. The normalized spacial score (nSPS) is 23.1. The Morgan fingerprint density at radius 1 is 1.26 bits per heavy atom. The van der Waals surface area contributed by atoms with Gasteiger partial charge >= 0.3 is 6.36 Å². The summed E-state index contributed by atoms with van der Waals surface area (Å²) in [6.45, 7) is 5.25. The number of nitrogens with one attached hydrogen (secondary N) is 1. The smallest absolute Gasteiger partial charge is 0.406 e. The van der Waals surface area contributed by atoms with Crippen LogP contribution in [0.25, 0.3) is 0 Å². The fraction of sp³-hybridized carbons (Fsp3) is 0.538. The maximum atomic E-state index is 12.0. The van der Waals surface area contributed by atoms with Gasteiger partial charge in [-0.15, -0.1) is 13.2 Å². The molecule has 0 aromatic heterocycles. The number of hydrogen-bond acceptors (Lipinski definition) is 3. The first-order chi connectivity index (χ1) is 8.75. The van der Waals surface area contributed by atoms with Gasteiger partial charge in [0.25, 0.3) is 0 Å². The molecule has 0 bridgehead atoms. The van der Waals surface area contributed by atoms with Gasteiger partial charge in [0, 0.05) is 12.1 Å². The molecule has 1 atom stereocenters. The molecule has 1 aliphatic heterocycles. The largest absolute Gasteiger partial charge is 0.573 e. The average molecular weight is 275 g/mol. The summed E-state index contributed by atoms with van der Waals surface area (Å²) in [5, 5.41) is 3.32. The quantitative estimate of drug-likeness (QED) is 0.900. The molecule has 1 fully saturated rings. The van der Waals surface area contributed by atoms with Gasteiger partial charge in [0.1, 0.15) is 5.75 Å². The summed E-state index contributed by atoms with van der Waals surface area (Å²) in [6, 6.07) is 5.77. The van der Waals surface area contributed by atoms with Gasteiger partial charge in [-0.25, -0.2) is 0 Å². The molecule has 3 nitrogen and oxygen atoms in total. The number of alkyl halides is 3. The van der Waals surface area contributed by atoms with E-state index in [0.717, 1.165) is 5.56 Å². The van der Waals surface area contributed by atoms with Gasteiger partial charge in [-0.3, -0.25) is 0 Å². The molecule has 19 heavy (non-hydrogen) atoms. The topological polar surface area (TPSA) is 30.5 Å². The second-order valence-corrected chi connectivity index (χ2v) is 5.18. The standard InChI is InChI=1S/C13H16F3NO2/c1-12(2)8-18-11(7-17-12)9-3-5-10(6-4-9)19-13(14,15)16/h3-6,11,17H,7-8H2,1-2H3. The van der Waals surface area contributed by atoms with E-state index in [0.29, 0.717) is 13.2 Å². The molecule has 1 aromatic rings. The predicted octanol–water partition coefficient (Wildman–Crippen LogP) is 3.02. The molecule has 0 amide bonds. The molecule has 106 valence electrons. The molecule has 0 spiro atoms. The van der Waals surface area contributed by atoms with Crippen LogP contribution in [0.1, 0.15) is 25.5 Å². The molecule has 2 rings (SSSR count). The molecular weight excluding hydrogens is 259 g/mol. The van der Waals surface area contributed by atoms with Gasteiger partial charge < -0.3 is 14.8 Å². The second-order valence-electron chi connectivity index (χ2n) is 5.18. The van der Waals surface area contributed by atoms with Crippen molar-refractivity contribution >= 4 is 0 Å². The summed E-state index contributed by atoms with van der Waals surface area (Å²) in [6.07, 6.45) is -4.80. The fourth-order valence-corrected chi connectivity index (χ4v) is 1.89. The zero-order chi connectivity index (χ0) is 14.1. The first kappa shape index (κ1) is 14.1. The Hall–Kier alpha value is -1.27. The SMILES string of the molecule is CC1(C)COC(c2ccc(OC(F)(F)F)cc2)CN1. The molecular formula is C13H16F3NO2. The van der Waals surface area contributed by atoms with Crippen LogP contribution in [-0.2, 0) is 4.74 Å². The van der Waals surface area contributed by atoms with Crippen LogP contribution in [0.2, 0.25) is 0 Å². The van der Waals surface area contributed by atoms with E-state index in [4.69, 9.17) is 4.74 Å². The van der Waals surface area contributed by atoms with Crippen molar-refractivity contribution in [2.24, 2.45) is 0 Å². The van der Waals surface area contributed by atoms with E-state index in [2.05, 4.69) is 10.1 Å². The van der Waals surface area contributed by atoms with E-state index in [1.165, 1.54) is 12.1 Å². The molecule has 1 heterocycles. The Balaban J connectivity index is 1.99. The van der Waals surface area contributed by atoms with Gasteiger partial charge in [-0.1, -0.05) is 12.1 Å². The number of morpholine rings is 1. The van der Waals surface area contributed by atoms with E-state index >= 15 is 0 Å². The Kier molecular flexibility index (Phi) is 3.73. The molecule has 0 aliphatic carbocycles. The minimum Gasteiger partial charge on any atom is -0.406 e. The molecule has 1 saturated heterocycles. The fourth-order valence-electron chi connectivity index (χ4n) is 1.89. The average Bonchev–Trinajstić information content (AvgIpc) is 2.28. The van der Waals surface area contributed by atoms with E-state index in [9.17, 15) is 13.2 Å². The summed E-state index contributed by atoms with van der Waals surface area (Å²) in [5.41, 5.74) is 0.757. The first-order valence-electron chi connectivity index (χ1n) is 5.97. The van der Waals surface area contributed by atoms with Crippen LogP contribution in [0.3, 0.4) is 0 Å². The monoisotopic (exact) mass is 275 g/mol. The van der Waals surface area contributed by atoms with Crippen molar-refractivity contribution in [2.45, 2.75) is 31.9 Å². The maximum absolute atomic E-state index is 12.0. The lowest BCUT2D eigenvalue weighted by atomic mass is 10.0. The van der Waals surface area contributed by atoms with Crippen LogP contribution in [0.4, 0.5) is 13.2 Å². The van der Waals surface area contributed by atoms with Crippen LogP contribution >= 0.6 is 0 Å². The second kappa shape index (κ2) is 5.02. The van der Waals surface area contributed by atoms with Crippen LogP contribution in [0, 0.1) is 0 Å². The van der Waals surface area contributed by atoms with Crippen LogP contribution < -0.4 is 10.1 Å². The summed E-state index contributed by atoms with van der Waals surface area (Å²) in [5.74, 6) is -0.222. The van der Waals surface area contributed by atoms with Crippen molar-refractivity contribution in [3.63, 3.8) is 0 Å². The molecule has 1 N–H and O–H groups in total. The van der Waals surface area contributed by atoms with Gasteiger partial charge in [0.15, 0.2) is 0 Å².